The Kier molecular flexibility index (Phi) is 6.65. The van der Waals surface area contributed by atoms with Gasteiger partial charge in [-0.3, -0.25) is 9.59 Å². The molecule has 0 unspecified atom stereocenters. The monoisotopic (exact) mass is 311 g/mol. The number of carbonyl (C=O) groups excluding carboxylic acids is 2. The molecular weight excluding hydrogens is 290 g/mol. The average molecular weight is 312 g/mol. The molecule has 2 N–H and O–H groups in total. The van der Waals surface area contributed by atoms with Crippen molar-refractivity contribution in [1.82, 2.24) is 10.2 Å². The van der Waals surface area contributed by atoms with Crippen LogP contribution in [0.3, 0.4) is 0 Å². The van der Waals surface area contributed by atoms with Crippen molar-refractivity contribution in [1.29, 1.82) is 0 Å². The first kappa shape index (κ1) is 17.5. The molecule has 1 atom stereocenters. The predicted octanol–water partition coefficient (Wildman–Crippen LogP) is 1.43. The highest BCUT2D eigenvalue weighted by atomic mass is 35.5. The Labute approximate surface area is 131 Å². The van der Waals surface area contributed by atoms with Gasteiger partial charge in [0.15, 0.2) is 0 Å². The van der Waals surface area contributed by atoms with E-state index in [0.29, 0.717) is 6.42 Å². The lowest BCUT2D eigenvalue weighted by atomic mass is 10.1. The molecule has 1 aliphatic rings. The van der Waals surface area contributed by atoms with E-state index < -0.39 is 0 Å². The van der Waals surface area contributed by atoms with Crippen molar-refractivity contribution in [3.05, 3.63) is 29.8 Å². The Morgan fingerprint density at radius 2 is 2.00 bits per heavy atom. The number of nitrogens with one attached hydrogen (secondary N) is 2. The van der Waals surface area contributed by atoms with Crippen molar-refractivity contribution in [2.45, 2.75) is 26.3 Å². The van der Waals surface area contributed by atoms with E-state index in [-0.39, 0.29) is 30.3 Å². The molecule has 0 spiro atoms. The lowest BCUT2D eigenvalue weighted by Crippen LogP contribution is -2.52. The summed E-state index contributed by atoms with van der Waals surface area (Å²) in [6.45, 7) is 6.02. The molecule has 0 radical (unpaired) electrons. The predicted molar refractivity (Wildman–Crippen MR) is 85.7 cm³/mol. The summed E-state index contributed by atoms with van der Waals surface area (Å²) >= 11 is 0. The van der Waals surface area contributed by atoms with Gasteiger partial charge in [-0.2, -0.15) is 0 Å². The zero-order valence-corrected chi connectivity index (χ0v) is 13.2. The average Bonchev–Trinajstić information content (AvgIpc) is 2.41. The van der Waals surface area contributed by atoms with Crippen LogP contribution in [0, 0.1) is 0 Å². The smallest absolute Gasteiger partial charge is 0.227 e. The van der Waals surface area contributed by atoms with Gasteiger partial charge in [-0.05, 0) is 24.6 Å². The molecular formula is C15H22ClN3O2. The summed E-state index contributed by atoms with van der Waals surface area (Å²) in [7, 11) is 0. The number of carbonyl (C=O) groups is 2. The molecule has 116 valence electrons. The minimum Gasteiger partial charge on any atom is -0.337 e. The van der Waals surface area contributed by atoms with Crippen molar-refractivity contribution >= 4 is 29.9 Å². The van der Waals surface area contributed by atoms with Crippen LogP contribution in [0.15, 0.2) is 24.3 Å². The third-order valence-corrected chi connectivity index (χ3v) is 3.45. The van der Waals surface area contributed by atoms with Gasteiger partial charge < -0.3 is 15.5 Å². The first-order valence-electron chi connectivity index (χ1n) is 6.93. The highest BCUT2D eigenvalue weighted by molar-refractivity contribution is 5.88. The highest BCUT2D eigenvalue weighted by Crippen LogP contribution is 2.12. The zero-order valence-electron chi connectivity index (χ0n) is 12.4. The largest absolute Gasteiger partial charge is 0.337 e. The molecule has 2 amide bonds. The molecule has 0 aromatic heterocycles. The van der Waals surface area contributed by atoms with E-state index in [9.17, 15) is 9.59 Å². The van der Waals surface area contributed by atoms with Crippen molar-refractivity contribution in [2.24, 2.45) is 0 Å². The van der Waals surface area contributed by atoms with Crippen molar-refractivity contribution in [3.8, 4) is 0 Å². The number of hydrogen-bond donors (Lipinski definition) is 2. The van der Waals surface area contributed by atoms with E-state index >= 15 is 0 Å². The van der Waals surface area contributed by atoms with Crippen LogP contribution < -0.4 is 10.6 Å². The first-order valence-corrected chi connectivity index (χ1v) is 6.93. The van der Waals surface area contributed by atoms with Crippen LogP contribution in [0.25, 0.3) is 0 Å². The maximum Gasteiger partial charge on any atom is 0.227 e. The molecule has 1 aliphatic heterocycles. The van der Waals surface area contributed by atoms with Crippen LogP contribution in [-0.2, 0) is 16.0 Å². The quantitative estimate of drug-likeness (QED) is 0.888. The summed E-state index contributed by atoms with van der Waals surface area (Å²) in [5.74, 6) is 0.0646. The molecule has 1 fully saturated rings. The van der Waals surface area contributed by atoms with Crippen LogP contribution in [-0.4, -0.2) is 42.4 Å². The van der Waals surface area contributed by atoms with Crippen LogP contribution in [0.4, 0.5) is 5.69 Å². The van der Waals surface area contributed by atoms with E-state index in [1.165, 1.54) is 6.92 Å². The Hall–Kier alpha value is -1.59. The van der Waals surface area contributed by atoms with E-state index in [1.807, 2.05) is 29.2 Å². The number of hydrogen-bond acceptors (Lipinski definition) is 3. The number of halogens is 1. The molecule has 6 heteroatoms. The van der Waals surface area contributed by atoms with Crippen LogP contribution in [0.1, 0.15) is 19.4 Å². The zero-order chi connectivity index (χ0) is 14.5. The van der Waals surface area contributed by atoms with Gasteiger partial charge in [-0.25, -0.2) is 0 Å². The molecule has 1 heterocycles. The van der Waals surface area contributed by atoms with Gasteiger partial charge in [0.2, 0.25) is 11.8 Å². The van der Waals surface area contributed by atoms with Gasteiger partial charge in [0.25, 0.3) is 0 Å². The van der Waals surface area contributed by atoms with Crippen LogP contribution in [0.2, 0.25) is 0 Å². The highest BCUT2D eigenvalue weighted by Gasteiger charge is 2.22. The molecule has 1 saturated heterocycles. The maximum absolute atomic E-state index is 12.3. The Bertz CT molecular complexity index is 490. The second kappa shape index (κ2) is 8.00. The minimum absolute atomic E-state index is 0. The number of piperazine rings is 1. The third-order valence-electron chi connectivity index (χ3n) is 3.45. The topological polar surface area (TPSA) is 61.4 Å². The van der Waals surface area contributed by atoms with Gasteiger partial charge in [-0.15, -0.1) is 12.4 Å². The molecule has 1 aromatic rings. The number of benzene rings is 1. The summed E-state index contributed by atoms with van der Waals surface area (Å²) in [4.78, 5) is 25.1. The molecule has 1 aromatic carbocycles. The van der Waals surface area contributed by atoms with Crippen LogP contribution in [0.5, 0.6) is 0 Å². The van der Waals surface area contributed by atoms with E-state index in [4.69, 9.17) is 0 Å². The minimum atomic E-state index is -0.0940. The molecule has 0 bridgehead atoms. The van der Waals surface area contributed by atoms with Gasteiger partial charge in [0.1, 0.15) is 0 Å². The molecule has 0 saturated carbocycles. The Morgan fingerprint density at radius 3 is 2.57 bits per heavy atom. The fraction of sp³-hybridized carbons (Fsp3) is 0.467. The van der Waals surface area contributed by atoms with E-state index in [0.717, 1.165) is 30.9 Å². The van der Waals surface area contributed by atoms with E-state index in [2.05, 4.69) is 17.6 Å². The summed E-state index contributed by atoms with van der Waals surface area (Å²) in [6.07, 6.45) is 0.407. The van der Waals surface area contributed by atoms with Gasteiger partial charge in [0.05, 0.1) is 6.42 Å². The molecule has 2 rings (SSSR count). The third kappa shape index (κ3) is 5.02. The number of amides is 2. The molecule has 0 aliphatic carbocycles. The summed E-state index contributed by atoms with van der Waals surface area (Å²) in [5, 5.41) is 5.99. The summed E-state index contributed by atoms with van der Waals surface area (Å²) < 4.78 is 0. The first-order chi connectivity index (χ1) is 9.56. The summed E-state index contributed by atoms with van der Waals surface area (Å²) in [6, 6.07) is 7.66. The number of anilines is 1. The second-order valence-corrected chi connectivity index (χ2v) is 5.20. The molecule has 21 heavy (non-hydrogen) atoms. The van der Waals surface area contributed by atoms with E-state index in [1.54, 1.807) is 0 Å². The lowest BCUT2D eigenvalue weighted by Gasteiger charge is -2.34. The maximum atomic E-state index is 12.3. The van der Waals surface area contributed by atoms with Crippen molar-refractivity contribution in [2.75, 3.05) is 25.0 Å². The summed E-state index contributed by atoms with van der Waals surface area (Å²) in [5.41, 5.74) is 1.72. The number of nitrogens with zero attached hydrogens (tertiary/aromatic N) is 1. The normalized spacial score (nSPS) is 17.8. The Balaban J connectivity index is 0.00000220. The SMILES string of the molecule is CC(=O)Nc1ccc(CC(=O)N2CCNC[C@@H]2C)cc1.Cl. The van der Waals surface area contributed by atoms with Crippen LogP contribution >= 0.6 is 12.4 Å². The van der Waals surface area contributed by atoms with Gasteiger partial charge in [0, 0.05) is 38.3 Å². The van der Waals surface area contributed by atoms with Crippen molar-refractivity contribution < 1.29 is 9.59 Å². The Morgan fingerprint density at radius 1 is 1.33 bits per heavy atom. The second-order valence-electron chi connectivity index (χ2n) is 5.20. The fourth-order valence-electron chi connectivity index (χ4n) is 2.40. The fourth-order valence-corrected chi connectivity index (χ4v) is 2.40. The lowest BCUT2D eigenvalue weighted by molar-refractivity contribution is -0.133. The van der Waals surface area contributed by atoms with Gasteiger partial charge >= 0.3 is 0 Å². The molecule has 5 nitrogen and oxygen atoms in total. The van der Waals surface area contributed by atoms with Crippen molar-refractivity contribution in [3.63, 3.8) is 0 Å². The standard InChI is InChI=1S/C15H21N3O2.ClH/c1-11-10-16-7-8-18(11)15(20)9-13-3-5-14(6-4-13)17-12(2)19;/h3-6,11,16H,7-10H2,1-2H3,(H,17,19);1H/t11-;/m0./s1. The van der Waals surface area contributed by atoms with Gasteiger partial charge in [-0.1, -0.05) is 12.1 Å². The number of rotatable bonds is 3.